The number of carboxylic acids is 1. The van der Waals surface area contributed by atoms with Gasteiger partial charge in [-0.2, -0.15) is 0 Å². The van der Waals surface area contributed by atoms with Crippen molar-refractivity contribution in [1.29, 1.82) is 0 Å². The van der Waals surface area contributed by atoms with Gasteiger partial charge in [-0.05, 0) is 26.2 Å². The number of aromatic carboxylic acids is 1. The Morgan fingerprint density at radius 3 is 2.39 bits per heavy atom. The minimum atomic E-state index is -1.03. The number of carboxylic acid groups (broad SMARTS) is 1. The van der Waals surface area contributed by atoms with Crippen LogP contribution in [0.15, 0.2) is 0 Å². The lowest BCUT2D eigenvalue weighted by atomic mass is 10.1. The van der Waals surface area contributed by atoms with E-state index in [-0.39, 0.29) is 23.2 Å². The molecule has 1 atom stereocenters. The third-order valence-corrected chi connectivity index (χ3v) is 4.48. The molecular formula is C15H23N3O4S. The molecule has 1 aromatic heterocycles. The molecule has 0 aliphatic carbocycles. The quantitative estimate of drug-likeness (QED) is 0.669. The van der Waals surface area contributed by atoms with Gasteiger partial charge in [-0.1, -0.05) is 13.8 Å². The average Bonchev–Trinajstić information content (AvgIpc) is 2.85. The van der Waals surface area contributed by atoms with Crippen LogP contribution in [0.5, 0.6) is 0 Å². The molecule has 23 heavy (non-hydrogen) atoms. The van der Waals surface area contributed by atoms with Crippen LogP contribution >= 0.6 is 11.3 Å². The molecule has 1 unspecified atom stereocenters. The van der Waals surface area contributed by atoms with Gasteiger partial charge in [0.2, 0.25) is 11.8 Å². The SMILES string of the molecule is Cc1nc(C(C)NC(=O)CNC(=O)CCC(C)C)sc1C(=O)O. The maximum absolute atomic E-state index is 11.8. The number of carbonyl (C=O) groups is 3. The van der Waals surface area contributed by atoms with E-state index in [1.807, 2.05) is 13.8 Å². The summed E-state index contributed by atoms with van der Waals surface area (Å²) in [5, 5.41) is 14.8. The molecule has 0 saturated heterocycles. The monoisotopic (exact) mass is 341 g/mol. The summed E-state index contributed by atoms with van der Waals surface area (Å²) in [5.74, 6) is -1.08. The predicted octanol–water partition coefficient (Wildman–Crippen LogP) is 1.88. The molecule has 0 saturated carbocycles. The largest absolute Gasteiger partial charge is 0.477 e. The van der Waals surface area contributed by atoms with E-state index < -0.39 is 12.0 Å². The molecule has 0 aromatic carbocycles. The third-order valence-electron chi connectivity index (χ3n) is 3.15. The maximum atomic E-state index is 11.8. The molecule has 8 heteroatoms. The molecule has 7 nitrogen and oxygen atoms in total. The lowest BCUT2D eigenvalue weighted by molar-refractivity contribution is -0.126. The number of aromatic nitrogens is 1. The predicted molar refractivity (Wildman–Crippen MR) is 87.4 cm³/mol. The molecule has 2 amide bonds. The van der Waals surface area contributed by atoms with E-state index in [0.717, 1.165) is 17.8 Å². The van der Waals surface area contributed by atoms with Gasteiger partial charge in [0.1, 0.15) is 9.88 Å². The highest BCUT2D eigenvalue weighted by Crippen LogP contribution is 2.23. The Bertz CT molecular complexity index is 583. The molecule has 3 N–H and O–H groups in total. The van der Waals surface area contributed by atoms with Crippen LogP contribution in [0.3, 0.4) is 0 Å². The number of carbonyl (C=O) groups excluding carboxylic acids is 2. The third kappa shape index (κ3) is 6.35. The fraction of sp³-hybridized carbons (Fsp3) is 0.600. The van der Waals surface area contributed by atoms with E-state index in [4.69, 9.17) is 5.11 Å². The average molecular weight is 341 g/mol. The second kappa shape index (κ2) is 8.61. The molecule has 0 aliphatic heterocycles. The summed E-state index contributed by atoms with van der Waals surface area (Å²) in [7, 11) is 0. The summed E-state index contributed by atoms with van der Waals surface area (Å²) in [4.78, 5) is 38.7. The number of nitrogens with one attached hydrogen (secondary N) is 2. The standard InChI is InChI=1S/C15H23N3O4S/c1-8(2)5-6-11(19)16-7-12(20)17-10(4)14-18-9(3)13(23-14)15(21)22/h8,10H,5-7H2,1-4H3,(H,16,19)(H,17,20)(H,21,22). The van der Waals surface area contributed by atoms with E-state index in [2.05, 4.69) is 15.6 Å². The Morgan fingerprint density at radius 1 is 1.22 bits per heavy atom. The summed E-state index contributed by atoms with van der Waals surface area (Å²) in [5.41, 5.74) is 0.431. The van der Waals surface area contributed by atoms with Crippen molar-refractivity contribution >= 4 is 29.1 Å². The summed E-state index contributed by atoms with van der Waals surface area (Å²) >= 11 is 1.04. The van der Waals surface area contributed by atoms with E-state index in [9.17, 15) is 14.4 Å². The van der Waals surface area contributed by atoms with Crippen LogP contribution in [0.1, 0.15) is 60.0 Å². The van der Waals surface area contributed by atoms with Gasteiger partial charge >= 0.3 is 5.97 Å². The van der Waals surface area contributed by atoms with Gasteiger partial charge in [0.05, 0.1) is 18.3 Å². The molecule has 0 aliphatic rings. The number of aryl methyl sites for hydroxylation is 1. The molecule has 1 heterocycles. The van der Waals surface area contributed by atoms with Crippen LogP contribution in [-0.2, 0) is 9.59 Å². The molecule has 0 radical (unpaired) electrons. The first-order chi connectivity index (χ1) is 10.7. The summed E-state index contributed by atoms with van der Waals surface area (Å²) in [6, 6.07) is -0.410. The molecule has 0 fully saturated rings. The van der Waals surface area contributed by atoms with Crippen molar-refractivity contribution in [2.24, 2.45) is 5.92 Å². The summed E-state index contributed by atoms with van der Waals surface area (Å²) in [6.07, 6.45) is 1.17. The van der Waals surface area contributed by atoms with Gasteiger partial charge in [-0.15, -0.1) is 11.3 Å². The molecule has 0 spiro atoms. The molecule has 1 rings (SSSR count). The van der Waals surface area contributed by atoms with Crippen molar-refractivity contribution in [1.82, 2.24) is 15.6 Å². The normalized spacial score (nSPS) is 12.0. The van der Waals surface area contributed by atoms with E-state index in [1.165, 1.54) is 0 Å². The fourth-order valence-corrected chi connectivity index (χ4v) is 2.75. The van der Waals surface area contributed by atoms with Crippen LogP contribution in [-0.4, -0.2) is 34.4 Å². The van der Waals surface area contributed by atoms with E-state index >= 15 is 0 Å². The van der Waals surface area contributed by atoms with Gasteiger partial charge in [0.15, 0.2) is 0 Å². The zero-order valence-corrected chi connectivity index (χ0v) is 14.6. The first-order valence-corrected chi connectivity index (χ1v) is 8.29. The maximum Gasteiger partial charge on any atom is 0.347 e. The van der Waals surface area contributed by atoms with Gasteiger partial charge in [-0.25, -0.2) is 9.78 Å². The summed E-state index contributed by atoms with van der Waals surface area (Å²) in [6.45, 7) is 7.30. The number of hydrogen-bond donors (Lipinski definition) is 3. The van der Waals surface area contributed by atoms with Crippen LogP contribution in [0, 0.1) is 12.8 Å². The van der Waals surface area contributed by atoms with Crippen molar-refractivity contribution in [2.75, 3.05) is 6.54 Å². The van der Waals surface area contributed by atoms with E-state index in [1.54, 1.807) is 13.8 Å². The van der Waals surface area contributed by atoms with Gasteiger partial charge < -0.3 is 15.7 Å². The fourth-order valence-electron chi connectivity index (χ4n) is 1.84. The Hall–Kier alpha value is -1.96. The van der Waals surface area contributed by atoms with Crippen LogP contribution in [0.25, 0.3) is 0 Å². The number of thiazole rings is 1. The number of nitrogens with zero attached hydrogens (tertiary/aromatic N) is 1. The molecule has 1 aromatic rings. The van der Waals surface area contributed by atoms with Crippen molar-refractivity contribution in [3.05, 3.63) is 15.6 Å². The molecular weight excluding hydrogens is 318 g/mol. The minimum absolute atomic E-state index is 0.0998. The Balaban J connectivity index is 2.46. The zero-order valence-electron chi connectivity index (χ0n) is 13.8. The highest BCUT2D eigenvalue weighted by Gasteiger charge is 2.19. The highest BCUT2D eigenvalue weighted by molar-refractivity contribution is 7.13. The number of amides is 2. The second-order valence-electron chi connectivity index (χ2n) is 5.77. The smallest absolute Gasteiger partial charge is 0.347 e. The van der Waals surface area contributed by atoms with Crippen LogP contribution in [0.4, 0.5) is 0 Å². The van der Waals surface area contributed by atoms with E-state index in [0.29, 0.717) is 23.0 Å². The van der Waals surface area contributed by atoms with Crippen molar-refractivity contribution < 1.29 is 19.5 Å². The van der Waals surface area contributed by atoms with Gasteiger partial charge in [0, 0.05) is 6.42 Å². The van der Waals surface area contributed by atoms with Crippen molar-refractivity contribution in [3.8, 4) is 0 Å². The Kier molecular flexibility index (Phi) is 7.15. The molecule has 128 valence electrons. The first kappa shape index (κ1) is 19.1. The highest BCUT2D eigenvalue weighted by atomic mass is 32.1. The first-order valence-electron chi connectivity index (χ1n) is 7.47. The lowest BCUT2D eigenvalue weighted by Gasteiger charge is -2.12. The zero-order chi connectivity index (χ0) is 17.6. The lowest BCUT2D eigenvalue weighted by Crippen LogP contribution is -2.38. The molecule has 0 bridgehead atoms. The van der Waals surface area contributed by atoms with Crippen molar-refractivity contribution in [3.63, 3.8) is 0 Å². The van der Waals surface area contributed by atoms with Gasteiger partial charge in [-0.3, -0.25) is 9.59 Å². The Labute approximate surface area is 139 Å². The number of hydrogen-bond acceptors (Lipinski definition) is 5. The second-order valence-corrected chi connectivity index (χ2v) is 6.80. The van der Waals surface area contributed by atoms with Crippen LogP contribution < -0.4 is 10.6 Å². The summed E-state index contributed by atoms with van der Waals surface area (Å²) < 4.78 is 0. The van der Waals surface area contributed by atoms with Crippen LogP contribution in [0.2, 0.25) is 0 Å². The number of rotatable bonds is 8. The topological polar surface area (TPSA) is 108 Å². The Morgan fingerprint density at radius 2 is 1.87 bits per heavy atom. The van der Waals surface area contributed by atoms with Gasteiger partial charge in [0.25, 0.3) is 0 Å². The minimum Gasteiger partial charge on any atom is -0.477 e. The van der Waals surface area contributed by atoms with Crippen molar-refractivity contribution in [2.45, 2.75) is 46.6 Å².